The molecule has 0 atom stereocenters. The van der Waals surface area contributed by atoms with E-state index in [4.69, 9.17) is 11.6 Å². The van der Waals surface area contributed by atoms with Crippen molar-refractivity contribution >= 4 is 22.5 Å². The minimum absolute atomic E-state index is 0.231. The zero-order valence-electron chi connectivity index (χ0n) is 11.1. The Balaban J connectivity index is 1.72. The Labute approximate surface area is 125 Å². The third-order valence-electron chi connectivity index (χ3n) is 3.34. The van der Waals surface area contributed by atoms with Gasteiger partial charge in [-0.05, 0) is 24.3 Å². The molecule has 0 saturated heterocycles. The van der Waals surface area contributed by atoms with E-state index in [-0.39, 0.29) is 6.54 Å². The van der Waals surface area contributed by atoms with Crippen LogP contribution in [-0.4, -0.2) is 4.98 Å². The summed E-state index contributed by atoms with van der Waals surface area (Å²) in [6.45, 7) is 0.679. The van der Waals surface area contributed by atoms with Gasteiger partial charge in [0.15, 0.2) is 0 Å². The van der Waals surface area contributed by atoms with E-state index in [1.54, 1.807) is 0 Å². The number of fused-ring (bicyclic) bond motifs is 1. The molecule has 0 aliphatic rings. The molecule has 0 bridgehead atoms. The van der Waals surface area contributed by atoms with Crippen molar-refractivity contribution in [3.63, 3.8) is 0 Å². The number of halogens is 3. The summed E-state index contributed by atoms with van der Waals surface area (Å²) in [5.41, 5.74) is 2.08. The molecule has 1 aromatic heterocycles. The van der Waals surface area contributed by atoms with Crippen molar-refractivity contribution in [2.24, 2.45) is 0 Å². The number of aromatic amines is 1. The molecule has 0 aliphatic carbocycles. The van der Waals surface area contributed by atoms with Crippen LogP contribution >= 0.6 is 11.6 Å². The second-order valence-electron chi connectivity index (χ2n) is 4.80. The summed E-state index contributed by atoms with van der Waals surface area (Å²) in [5, 5.41) is 4.67. The third kappa shape index (κ3) is 2.91. The Bertz CT molecular complexity index is 783. The maximum Gasteiger partial charge on any atom is 0.127 e. The lowest BCUT2D eigenvalue weighted by atomic mass is 10.2. The van der Waals surface area contributed by atoms with Crippen LogP contribution in [0.15, 0.2) is 42.5 Å². The fraction of sp³-hybridized carbons (Fsp3) is 0.125. The van der Waals surface area contributed by atoms with Gasteiger partial charge in [-0.2, -0.15) is 0 Å². The molecule has 5 heteroatoms. The van der Waals surface area contributed by atoms with Crippen LogP contribution in [0.25, 0.3) is 10.9 Å². The molecule has 21 heavy (non-hydrogen) atoms. The molecule has 2 N–H and O–H groups in total. The predicted molar refractivity (Wildman–Crippen MR) is 80.2 cm³/mol. The van der Waals surface area contributed by atoms with E-state index in [0.717, 1.165) is 28.7 Å². The van der Waals surface area contributed by atoms with Crippen molar-refractivity contribution in [3.05, 3.63) is 70.4 Å². The van der Waals surface area contributed by atoms with E-state index in [1.165, 1.54) is 6.07 Å². The van der Waals surface area contributed by atoms with E-state index in [2.05, 4.69) is 10.3 Å². The van der Waals surface area contributed by atoms with Gasteiger partial charge in [0.1, 0.15) is 11.6 Å². The molecule has 0 fully saturated rings. The maximum atomic E-state index is 13.5. The smallest absolute Gasteiger partial charge is 0.127 e. The average molecular weight is 307 g/mol. The third-order valence-corrected chi connectivity index (χ3v) is 3.77. The van der Waals surface area contributed by atoms with Gasteiger partial charge in [-0.1, -0.05) is 29.8 Å². The van der Waals surface area contributed by atoms with Gasteiger partial charge >= 0.3 is 0 Å². The van der Waals surface area contributed by atoms with Gasteiger partial charge in [0.2, 0.25) is 0 Å². The first-order valence-electron chi connectivity index (χ1n) is 6.55. The van der Waals surface area contributed by atoms with Crippen LogP contribution in [0.4, 0.5) is 8.78 Å². The highest BCUT2D eigenvalue weighted by Crippen LogP contribution is 2.27. The minimum Gasteiger partial charge on any atom is -0.356 e. The molecule has 0 aliphatic heterocycles. The number of para-hydroxylation sites is 1. The molecule has 2 nitrogen and oxygen atoms in total. The molecule has 1 heterocycles. The Hall–Kier alpha value is -1.91. The maximum absolute atomic E-state index is 13.5. The molecule has 3 rings (SSSR count). The fourth-order valence-corrected chi connectivity index (χ4v) is 2.57. The largest absolute Gasteiger partial charge is 0.356 e. The monoisotopic (exact) mass is 306 g/mol. The minimum atomic E-state index is -0.447. The number of hydrogen-bond acceptors (Lipinski definition) is 1. The molecular weight excluding hydrogens is 294 g/mol. The van der Waals surface area contributed by atoms with E-state index >= 15 is 0 Å². The molecule has 108 valence electrons. The lowest BCUT2D eigenvalue weighted by molar-refractivity contribution is 0.567. The second-order valence-corrected chi connectivity index (χ2v) is 5.18. The van der Waals surface area contributed by atoms with Gasteiger partial charge in [0.05, 0.1) is 5.02 Å². The van der Waals surface area contributed by atoms with Gasteiger partial charge in [0, 0.05) is 35.2 Å². The van der Waals surface area contributed by atoms with E-state index < -0.39 is 11.6 Å². The average Bonchev–Trinajstić information content (AvgIpc) is 2.80. The first kappa shape index (κ1) is 14.0. The van der Waals surface area contributed by atoms with Crippen LogP contribution in [0.1, 0.15) is 11.3 Å². The molecular formula is C16H13ClF2N2. The summed E-state index contributed by atoms with van der Waals surface area (Å²) in [5.74, 6) is -0.872. The highest BCUT2D eigenvalue weighted by atomic mass is 35.5. The molecule has 0 spiro atoms. The fourth-order valence-electron chi connectivity index (χ4n) is 2.29. The summed E-state index contributed by atoms with van der Waals surface area (Å²) < 4.78 is 26.6. The lowest BCUT2D eigenvalue weighted by Gasteiger charge is -2.05. The highest BCUT2D eigenvalue weighted by molar-refractivity contribution is 6.36. The molecule has 0 saturated carbocycles. The number of benzene rings is 2. The van der Waals surface area contributed by atoms with Crippen LogP contribution in [0.2, 0.25) is 5.02 Å². The van der Waals surface area contributed by atoms with Crippen LogP contribution < -0.4 is 5.32 Å². The zero-order chi connectivity index (χ0) is 14.8. The summed E-state index contributed by atoms with van der Waals surface area (Å²) in [7, 11) is 0. The first-order valence-corrected chi connectivity index (χ1v) is 6.92. The quantitative estimate of drug-likeness (QED) is 0.735. The van der Waals surface area contributed by atoms with Crippen LogP contribution in [0.5, 0.6) is 0 Å². The molecule has 3 aromatic rings. The van der Waals surface area contributed by atoms with Gasteiger partial charge in [-0.25, -0.2) is 8.78 Å². The van der Waals surface area contributed by atoms with E-state index in [9.17, 15) is 8.78 Å². The van der Waals surface area contributed by atoms with Crippen molar-refractivity contribution in [1.82, 2.24) is 10.3 Å². The SMILES string of the molecule is Fc1ccc(F)c(CNCc2[nH]c3ccccc3c2Cl)c1. The summed E-state index contributed by atoms with van der Waals surface area (Å²) >= 11 is 6.29. The predicted octanol–water partition coefficient (Wildman–Crippen LogP) is 4.39. The van der Waals surface area contributed by atoms with Crippen molar-refractivity contribution < 1.29 is 8.78 Å². The summed E-state index contributed by atoms with van der Waals surface area (Å²) in [6, 6.07) is 11.1. The first-order chi connectivity index (χ1) is 10.1. The number of nitrogens with one attached hydrogen (secondary N) is 2. The normalized spacial score (nSPS) is 11.2. The Morgan fingerprint density at radius 1 is 1.05 bits per heavy atom. The molecule has 0 amide bonds. The molecule has 0 unspecified atom stereocenters. The molecule has 2 aromatic carbocycles. The highest BCUT2D eigenvalue weighted by Gasteiger charge is 2.09. The number of aromatic nitrogens is 1. The second kappa shape index (κ2) is 5.84. The van der Waals surface area contributed by atoms with Crippen molar-refractivity contribution in [2.45, 2.75) is 13.1 Å². The van der Waals surface area contributed by atoms with Gasteiger partial charge in [-0.3, -0.25) is 0 Å². The van der Waals surface area contributed by atoms with E-state index in [0.29, 0.717) is 17.1 Å². The van der Waals surface area contributed by atoms with Crippen LogP contribution in [0, 0.1) is 11.6 Å². The standard InChI is InChI=1S/C16H13ClF2N2/c17-16-12-3-1-2-4-14(12)21-15(16)9-20-8-10-7-11(18)5-6-13(10)19/h1-7,20-21H,8-9H2. The number of H-pyrrole nitrogens is 1. The summed E-state index contributed by atoms with van der Waals surface area (Å²) in [4.78, 5) is 3.21. The Morgan fingerprint density at radius 3 is 2.67 bits per heavy atom. The van der Waals surface area contributed by atoms with Crippen molar-refractivity contribution in [1.29, 1.82) is 0 Å². The van der Waals surface area contributed by atoms with Crippen molar-refractivity contribution in [2.75, 3.05) is 0 Å². The number of hydrogen-bond donors (Lipinski definition) is 2. The van der Waals surface area contributed by atoms with Crippen LogP contribution in [-0.2, 0) is 13.1 Å². The van der Waals surface area contributed by atoms with E-state index in [1.807, 2.05) is 24.3 Å². The summed E-state index contributed by atoms with van der Waals surface area (Å²) in [6.07, 6.45) is 0. The zero-order valence-corrected chi connectivity index (χ0v) is 11.8. The van der Waals surface area contributed by atoms with Crippen LogP contribution in [0.3, 0.4) is 0 Å². The van der Waals surface area contributed by atoms with Gasteiger partial charge in [0.25, 0.3) is 0 Å². The topological polar surface area (TPSA) is 27.8 Å². The lowest BCUT2D eigenvalue weighted by Crippen LogP contribution is -2.14. The Morgan fingerprint density at radius 2 is 1.86 bits per heavy atom. The Kier molecular flexibility index (Phi) is 3.90. The number of rotatable bonds is 4. The van der Waals surface area contributed by atoms with Gasteiger partial charge in [-0.15, -0.1) is 0 Å². The van der Waals surface area contributed by atoms with Gasteiger partial charge < -0.3 is 10.3 Å². The molecule has 0 radical (unpaired) electrons. The van der Waals surface area contributed by atoms with Crippen molar-refractivity contribution in [3.8, 4) is 0 Å².